The van der Waals surface area contributed by atoms with Gasteiger partial charge in [-0.3, -0.25) is 4.79 Å². The molecule has 0 saturated carbocycles. The highest BCUT2D eigenvalue weighted by Crippen LogP contribution is 2.21. The number of rotatable bonds is 2. The number of hydrogen-bond donors (Lipinski definition) is 0. The van der Waals surface area contributed by atoms with Crippen molar-refractivity contribution in [2.24, 2.45) is 5.92 Å². The SMILES string of the molecule is CCC1CCN(C(=O)c2ccnc(F)c2)CC1. The first-order valence-corrected chi connectivity index (χ1v) is 6.11. The van der Waals surface area contributed by atoms with Crippen LogP contribution in [0.4, 0.5) is 4.39 Å². The highest BCUT2D eigenvalue weighted by molar-refractivity contribution is 5.94. The van der Waals surface area contributed by atoms with Crippen molar-refractivity contribution in [3.63, 3.8) is 0 Å². The van der Waals surface area contributed by atoms with Crippen molar-refractivity contribution in [1.82, 2.24) is 9.88 Å². The van der Waals surface area contributed by atoms with E-state index < -0.39 is 5.95 Å². The van der Waals surface area contributed by atoms with E-state index in [-0.39, 0.29) is 5.91 Å². The van der Waals surface area contributed by atoms with Crippen molar-refractivity contribution < 1.29 is 9.18 Å². The van der Waals surface area contributed by atoms with Gasteiger partial charge in [-0.25, -0.2) is 4.98 Å². The zero-order chi connectivity index (χ0) is 12.3. The summed E-state index contributed by atoms with van der Waals surface area (Å²) in [4.78, 5) is 17.3. The summed E-state index contributed by atoms with van der Waals surface area (Å²) in [6.45, 7) is 3.74. The van der Waals surface area contributed by atoms with Gasteiger partial charge < -0.3 is 4.90 Å². The molecule has 0 bridgehead atoms. The van der Waals surface area contributed by atoms with Gasteiger partial charge in [0, 0.05) is 30.9 Å². The lowest BCUT2D eigenvalue weighted by Crippen LogP contribution is -2.38. The van der Waals surface area contributed by atoms with Gasteiger partial charge >= 0.3 is 0 Å². The number of amides is 1. The second-order valence-electron chi connectivity index (χ2n) is 4.51. The van der Waals surface area contributed by atoms with Crippen LogP contribution in [0.1, 0.15) is 36.5 Å². The van der Waals surface area contributed by atoms with Crippen molar-refractivity contribution in [1.29, 1.82) is 0 Å². The second kappa shape index (κ2) is 5.25. The molecule has 0 N–H and O–H groups in total. The third-order valence-electron chi connectivity index (χ3n) is 3.45. The fourth-order valence-corrected chi connectivity index (χ4v) is 2.26. The van der Waals surface area contributed by atoms with E-state index in [1.807, 2.05) is 0 Å². The van der Waals surface area contributed by atoms with Gasteiger partial charge in [-0.15, -0.1) is 0 Å². The van der Waals surface area contributed by atoms with E-state index in [0.717, 1.165) is 31.8 Å². The molecular formula is C13H17FN2O. The van der Waals surface area contributed by atoms with Crippen LogP contribution in [0.15, 0.2) is 18.3 Å². The van der Waals surface area contributed by atoms with Crippen LogP contribution in [0.2, 0.25) is 0 Å². The Morgan fingerprint density at radius 3 is 2.82 bits per heavy atom. The van der Waals surface area contributed by atoms with E-state index in [9.17, 15) is 9.18 Å². The lowest BCUT2D eigenvalue weighted by Gasteiger charge is -2.31. The molecule has 0 unspecified atom stereocenters. The van der Waals surface area contributed by atoms with E-state index in [2.05, 4.69) is 11.9 Å². The fraction of sp³-hybridized carbons (Fsp3) is 0.538. The van der Waals surface area contributed by atoms with E-state index in [1.54, 1.807) is 11.0 Å². The van der Waals surface area contributed by atoms with Gasteiger partial charge in [0.2, 0.25) is 5.95 Å². The number of carbonyl (C=O) groups excluding carboxylic acids is 1. The summed E-state index contributed by atoms with van der Waals surface area (Å²) < 4.78 is 12.9. The molecule has 1 fully saturated rings. The molecule has 0 atom stereocenters. The monoisotopic (exact) mass is 236 g/mol. The summed E-state index contributed by atoms with van der Waals surface area (Å²) in [5, 5.41) is 0. The van der Waals surface area contributed by atoms with Crippen LogP contribution >= 0.6 is 0 Å². The molecule has 92 valence electrons. The minimum Gasteiger partial charge on any atom is -0.339 e. The smallest absolute Gasteiger partial charge is 0.254 e. The fourth-order valence-electron chi connectivity index (χ4n) is 2.26. The second-order valence-corrected chi connectivity index (χ2v) is 4.51. The third kappa shape index (κ3) is 2.81. The largest absolute Gasteiger partial charge is 0.339 e. The summed E-state index contributed by atoms with van der Waals surface area (Å²) in [5.41, 5.74) is 0.396. The number of aromatic nitrogens is 1. The number of pyridine rings is 1. The van der Waals surface area contributed by atoms with Crippen molar-refractivity contribution in [2.45, 2.75) is 26.2 Å². The standard InChI is InChI=1S/C13H17FN2O/c1-2-10-4-7-16(8-5-10)13(17)11-3-6-15-12(14)9-11/h3,6,9-10H,2,4-5,7-8H2,1H3. The molecule has 1 aliphatic heterocycles. The third-order valence-corrected chi connectivity index (χ3v) is 3.45. The van der Waals surface area contributed by atoms with Crippen LogP contribution in [0.5, 0.6) is 0 Å². The van der Waals surface area contributed by atoms with Gasteiger partial charge in [0.15, 0.2) is 0 Å². The molecule has 0 aromatic carbocycles. The number of halogens is 1. The summed E-state index contributed by atoms with van der Waals surface area (Å²) in [6.07, 6.45) is 4.61. The quantitative estimate of drug-likeness (QED) is 0.739. The molecule has 1 amide bonds. The molecule has 1 aromatic heterocycles. The van der Waals surface area contributed by atoms with Gasteiger partial charge in [0.1, 0.15) is 0 Å². The minimum absolute atomic E-state index is 0.0825. The van der Waals surface area contributed by atoms with Gasteiger partial charge in [-0.05, 0) is 24.8 Å². The predicted octanol–water partition coefficient (Wildman–Crippen LogP) is 2.48. The molecule has 2 heterocycles. The average Bonchev–Trinajstić information content (AvgIpc) is 2.38. The van der Waals surface area contributed by atoms with Crippen LogP contribution < -0.4 is 0 Å². The summed E-state index contributed by atoms with van der Waals surface area (Å²) in [6, 6.07) is 2.77. The Kier molecular flexibility index (Phi) is 3.71. The Morgan fingerprint density at radius 1 is 1.53 bits per heavy atom. The number of likely N-dealkylation sites (tertiary alicyclic amines) is 1. The van der Waals surface area contributed by atoms with Gasteiger partial charge in [0.05, 0.1) is 0 Å². The van der Waals surface area contributed by atoms with Crippen LogP contribution in [-0.2, 0) is 0 Å². The van der Waals surface area contributed by atoms with Crippen LogP contribution in [0.25, 0.3) is 0 Å². The first-order valence-electron chi connectivity index (χ1n) is 6.11. The number of carbonyl (C=O) groups is 1. The number of piperidine rings is 1. The predicted molar refractivity (Wildman–Crippen MR) is 63.1 cm³/mol. The van der Waals surface area contributed by atoms with E-state index in [1.165, 1.54) is 18.7 Å². The highest BCUT2D eigenvalue weighted by Gasteiger charge is 2.22. The van der Waals surface area contributed by atoms with Crippen molar-refractivity contribution >= 4 is 5.91 Å². The molecule has 17 heavy (non-hydrogen) atoms. The lowest BCUT2D eigenvalue weighted by molar-refractivity contribution is 0.0688. The number of nitrogens with zero attached hydrogens (tertiary/aromatic N) is 2. The van der Waals surface area contributed by atoms with E-state index >= 15 is 0 Å². The average molecular weight is 236 g/mol. The summed E-state index contributed by atoms with van der Waals surface area (Å²) in [7, 11) is 0. The summed E-state index contributed by atoms with van der Waals surface area (Å²) >= 11 is 0. The van der Waals surface area contributed by atoms with Crippen LogP contribution in [0.3, 0.4) is 0 Å². The van der Waals surface area contributed by atoms with Crippen LogP contribution in [0, 0.1) is 11.9 Å². The molecular weight excluding hydrogens is 219 g/mol. The van der Waals surface area contributed by atoms with Crippen molar-refractivity contribution in [2.75, 3.05) is 13.1 Å². The van der Waals surface area contributed by atoms with Gasteiger partial charge in [0.25, 0.3) is 5.91 Å². The Morgan fingerprint density at radius 2 is 2.24 bits per heavy atom. The first kappa shape index (κ1) is 12.0. The maximum atomic E-state index is 12.9. The number of hydrogen-bond acceptors (Lipinski definition) is 2. The Balaban J connectivity index is 2.02. The zero-order valence-electron chi connectivity index (χ0n) is 10.0. The molecule has 0 aliphatic carbocycles. The van der Waals surface area contributed by atoms with Crippen molar-refractivity contribution in [3.05, 3.63) is 29.8 Å². The maximum Gasteiger partial charge on any atom is 0.254 e. The first-order chi connectivity index (χ1) is 8.20. The Bertz CT molecular complexity index is 400. The molecule has 3 nitrogen and oxygen atoms in total. The van der Waals surface area contributed by atoms with E-state index in [0.29, 0.717) is 5.56 Å². The molecule has 2 rings (SSSR count). The Labute approximate surface area is 101 Å². The van der Waals surface area contributed by atoms with Crippen molar-refractivity contribution in [3.8, 4) is 0 Å². The molecule has 0 spiro atoms. The summed E-state index contributed by atoms with van der Waals surface area (Å²) in [5.74, 6) is 0.0494. The molecule has 1 saturated heterocycles. The highest BCUT2D eigenvalue weighted by atomic mass is 19.1. The zero-order valence-corrected chi connectivity index (χ0v) is 10.0. The lowest BCUT2D eigenvalue weighted by atomic mass is 9.94. The van der Waals surface area contributed by atoms with Crippen LogP contribution in [-0.4, -0.2) is 28.9 Å². The van der Waals surface area contributed by atoms with Gasteiger partial charge in [-0.1, -0.05) is 13.3 Å². The molecule has 0 radical (unpaired) electrons. The minimum atomic E-state index is -0.598. The molecule has 1 aliphatic rings. The van der Waals surface area contributed by atoms with E-state index in [4.69, 9.17) is 0 Å². The normalized spacial score (nSPS) is 17.2. The topological polar surface area (TPSA) is 33.2 Å². The van der Waals surface area contributed by atoms with Gasteiger partial charge in [-0.2, -0.15) is 4.39 Å². The molecule has 4 heteroatoms. The Hall–Kier alpha value is -1.45. The maximum absolute atomic E-state index is 12.9. The molecule has 1 aromatic rings.